The molecule has 1 aliphatic heterocycles. The van der Waals surface area contributed by atoms with Gasteiger partial charge in [0.15, 0.2) is 0 Å². The average molecular weight is 158 g/mol. The van der Waals surface area contributed by atoms with Gasteiger partial charge in [-0.2, -0.15) is 0 Å². The maximum atomic E-state index is 10.7. The van der Waals surface area contributed by atoms with E-state index in [9.17, 15) is 4.79 Å². The van der Waals surface area contributed by atoms with Crippen LogP contribution in [0, 0.1) is 0 Å². The number of nitrogens with one attached hydrogen (secondary N) is 2. The fourth-order valence-electron chi connectivity index (χ4n) is 1.20. The van der Waals surface area contributed by atoms with Gasteiger partial charge in [0.25, 0.3) is 0 Å². The predicted octanol–water partition coefficient (Wildman–Crippen LogP) is 0.0944. The Kier molecular flexibility index (Phi) is 3.16. The van der Waals surface area contributed by atoms with Gasteiger partial charge < -0.3 is 15.4 Å². The SMILES string of the molecule is COC(=O)NC1CCCNC1. The third-order valence-corrected chi connectivity index (χ3v) is 1.80. The second kappa shape index (κ2) is 4.18. The fourth-order valence-corrected chi connectivity index (χ4v) is 1.20. The summed E-state index contributed by atoms with van der Waals surface area (Å²) in [4.78, 5) is 10.7. The van der Waals surface area contributed by atoms with E-state index >= 15 is 0 Å². The molecule has 0 aromatic heterocycles. The van der Waals surface area contributed by atoms with E-state index in [1.54, 1.807) is 0 Å². The molecule has 1 amide bonds. The zero-order valence-electron chi connectivity index (χ0n) is 6.72. The van der Waals surface area contributed by atoms with Crippen LogP contribution in [0.1, 0.15) is 12.8 Å². The molecular formula is C7H14N2O2. The van der Waals surface area contributed by atoms with Gasteiger partial charge in [-0.3, -0.25) is 0 Å². The summed E-state index contributed by atoms with van der Waals surface area (Å²) in [6.07, 6.45) is 1.83. The fraction of sp³-hybridized carbons (Fsp3) is 0.857. The van der Waals surface area contributed by atoms with Crippen molar-refractivity contribution in [2.24, 2.45) is 0 Å². The molecule has 0 saturated carbocycles. The quantitative estimate of drug-likeness (QED) is 0.569. The van der Waals surface area contributed by atoms with Crippen LogP contribution in [0.5, 0.6) is 0 Å². The van der Waals surface area contributed by atoms with Gasteiger partial charge in [0.2, 0.25) is 0 Å². The highest BCUT2D eigenvalue weighted by molar-refractivity contribution is 5.67. The summed E-state index contributed by atoms with van der Waals surface area (Å²) in [5.74, 6) is 0. The number of carbonyl (C=O) groups is 1. The third-order valence-electron chi connectivity index (χ3n) is 1.80. The Morgan fingerprint density at radius 1 is 1.73 bits per heavy atom. The van der Waals surface area contributed by atoms with Crippen molar-refractivity contribution in [2.75, 3.05) is 20.2 Å². The summed E-state index contributed by atoms with van der Waals surface area (Å²) in [5, 5.41) is 5.94. The van der Waals surface area contributed by atoms with E-state index in [2.05, 4.69) is 15.4 Å². The standard InChI is InChI=1S/C7H14N2O2/c1-11-7(10)9-6-3-2-4-8-5-6/h6,8H,2-5H2,1H3,(H,9,10). The molecule has 1 aliphatic rings. The van der Waals surface area contributed by atoms with Gasteiger partial charge in [0.05, 0.1) is 7.11 Å². The molecule has 1 rings (SSSR count). The molecule has 1 atom stereocenters. The monoisotopic (exact) mass is 158 g/mol. The topological polar surface area (TPSA) is 50.4 Å². The van der Waals surface area contributed by atoms with Crippen LogP contribution in [0.15, 0.2) is 0 Å². The van der Waals surface area contributed by atoms with Gasteiger partial charge in [-0.1, -0.05) is 0 Å². The van der Waals surface area contributed by atoms with Gasteiger partial charge in [-0.25, -0.2) is 4.79 Å². The van der Waals surface area contributed by atoms with Gasteiger partial charge in [-0.05, 0) is 19.4 Å². The number of rotatable bonds is 1. The van der Waals surface area contributed by atoms with E-state index in [-0.39, 0.29) is 12.1 Å². The van der Waals surface area contributed by atoms with Crippen molar-refractivity contribution >= 4 is 6.09 Å². The highest BCUT2D eigenvalue weighted by atomic mass is 16.5. The first-order valence-electron chi connectivity index (χ1n) is 3.88. The van der Waals surface area contributed by atoms with Crippen LogP contribution in [0.2, 0.25) is 0 Å². The predicted molar refractivity (Wildman–Crippen MR) is 41.4 cm³/mol. The van der Waals surface area contributed by atoms with E-state index in [4.69, 9.17) is 0 Å². The molecule has 0 spiro atoms. The van der Waals surface area contributed by atoms with Crippen LogP contribution in [-0.4, -0.2) is 32.3 Å². The molecule has 0 aromatic carbocycles. The molecular weight excluding hydrogens is 144 g/mol. The largest absolute Gasteiger partial charge is 0.453 e. The van der Waals surface area contributed by atoms with Crippen molar-refractivity contribution < 1.29 is 9.53 Å². The second-order valence-corrected chi connectivity index (χ2v) is 2.68. The molecule has 1 unspecified atom stereocenters. The molecule has 0 aromatic rings. The van der Waals surface area contributed by atoms with E-state index in [1.165, 1.54) is 7.11 Å². The van der Waals surface area contributed by atoms with Crippen molar-refractivity contribution in [2.45, 2.75) is 18.9 Å². The summed E-state index contributed by atoms with van der Waals surface area (Å²) < 4.78 is 4.48. The van der Waals surface area contributed by atoms with Crippen molar-refractivity contribution in [3.63, 3.8) is 0 Å². The summed E-state index contributed by atoms with van der Waals surface area (Å²) in [6.45, 7) is 1.91. The summed E-state index contributed by atoms with van der Waals surface area (Å²) in [6, 6.07) is 0.246. The first-order chi connectivity index (χ1) is 5.33. The molecule has 2 N–H and O–H groups in total. The highest BCUT2D eigenvalue weighted by Gasteiger charge is 2.14. The minimum absolute atomic E-state index is 0.246. The summed E-state index contributed by atoms with van der Waals surface area (Å²) in [5.41, 5.74) is 0. The number of hydrogen-bond acceptors (Lipinski definition) is 3. The summed E-state index contributed by atoms with van der Waals surface area (Å²) >= 11 is 0. The molecule has 1 heterocycles. The van der Waals surface area contributed by atoms with E-state index in [0.29, 0.717) is 0 Å². The van der Waals surface area contributed by atoms with E-state index < -0.39 is 0 Å². The lowest BCUT2D eigenvalue weighted by Crippen LogP contribution is -2.45. The number of hydrogen-bond donors (Lipinski definition) is 2. The van der Waals surface area contributed by atoms with Crippen LogP contribution in [0.25, 0.3) is 0 Å². The molecule has 0 bridgehead atoms. The zero-order valence-corrected chi connectivity index (χ0v) is 6.72. The summed E-state index contributed by atoms with van der Waals surface area (Å²) in [7, 11) is 1.38. The van der Waals surface area contributed by atoms with Crippen LogP contribution in [0.3, 0.4) is 0 Å². The zero-order chi connectivity index (χ0) is 8.10. The number of methoxy groups -OCH3 is 1. The van der Waals surface area contributed by atoms with Crippen LogP contribution >= 0.6 is 0 Å². The smallest absolute Gasteiger partial charge is 0.407 e. The Labute approximate surface area is 66.3 Å². The molecule has 4 nitrogen and oxygen atoms in total. The lowest BCUT2D eigenvalue weighted by Gasteiger charge is -2.22. The van der Waals surface area contributed by atoms with Crippen molar-refractivity contribution in [1.82, 2.24) is 10.6 Å². The maximum absolute atomic E-state index is 10.7. The van der Waals surface area contributed by atoms with E-state index in [0.717, 1.165) is 25.9 Å². The Morgan fingerprint density at radius 3 is 3.09 bits per heavy atom. The lowest BCUT2D eigenvalue weighted by molar-refractivity contribution is 0.164. The van der Waals surface area contributed by atoms with Gasteiger partial charge in [0.1, 0.15) is 0 Å². The minimum atomic E-state index is -0.335. The van der Waals surface area contributed by atoms with Crippen LogP contribution in [-0.2, 0) is 4.74 Å². The number of ether oxygens (including phenoxy) is 1. The maximum Gasteiger partial charge on any atom is 0.407 e. The Hall–Kier alpha value is -0.770. The Bertz CT molecular complexity index is 132. The minimum Gasteiger partial charge on any atom is -0.453 e. The molecule has 4 heteroatoms. The Morgan fingerprint density at radius 2 is 2.55 bits per heavy atom. The first kappa shape index (κ1) is 8.33. The third kappa shape index (κ3) is 2.76. The normalized spacial score (nSPS) is 24.3. The van der Waals surface area contributed by atoms with E-state index in [1.807, 2.05) is 0 Å². The lowest BCUT2D eigenvalue weighted by atomic mass is 10.1. The highest BCUT2D eigenvalue weighted by Crippen LogP contribution is 2.00. The van der Waals surface area contributed by atoms with Crippen molar-refractivity contribution in [1.29, 1.82) is 0 Å². The Balaban J connectivity index is 2.19. The molecule has 1 fully saturated rings. The van der Waals surface area contributed by atoms with Crippen molar-refractivity contribution in [3.8, 4) is 0 Å². The second-order valence-electron chi connectivity index (χ2n) is 2.68. The average Bonchev–Trinajstić information content (AvgIpc) is 2.06. The first-order valence-corrected chi connectivity index (χ1v) is 3.88. The molecule has 0 aliphatic carbocycles. The number of alkyl carbamates (subject to hydrolysis) is 1. The molecule has 64 valence electrons. The number of amides is 1. The molecule has 1 saturated heterocycles. The number of carbonyl (C=O) groups excluding carboxylic acids is 1. The van der Waals surface area contributed by atoms with Gasteiger partial charge >= 0.3 is 6.09 Å². The molecule has 11 heavy (non-hydrogen) atoms. The van der Waals surface area contributed by atoms with Crippen molar-refractivity contribution in [3.05, 3.63) is 0 Å². The molecule has 0 radical (unpaired) electrons. The van der Waals surface area contributed by atoms with Gasteiger partial charge in [0, 0.05) is 12.6 Å². The van der Waals surface area contributed by atoms with Crippen LogP contribution < -0.4 is 10.6 Å². The van der Waals surface area contributed by atoms with Crippen LogP contribution in [0.4, 0.5) is 4.79 Å². The number of piperidine rings is 1. The van der Waals surface area contributed by atoms with Gasteiger partial charge in [-0.15, -0.1) is 0 Å².